The molecule has 0 aliphatic carbocycles. The van der Waals surface area contributed by atoms with E-state index in [9.17, 15) is 14.0 Å². The van der Waals surface area contributed by atoms with Crippen molar-refractivity contribution in [2.24, 2.45) is 5.16 Å². The highest BCUT2D eigenvalue weighted by Gasteiger charge is 2.33. The molecular formula is C22H23BrFNO7. The minimum atomic E-state index is -1.87. The molecule has 0 saturated carbocycles. The van der Waals surface area contributed by atoms with Crippen LogP contribution in [0.25, 0.3) is 0 Å². The van der Waals surface area contributed by atoms with Crippen molar-refractivity contribution in [2.45, 2.75) is 30.3 Å². The quantitative estimate of drug-likeness (QED) is 0.185. The highest BCUT2D eigenvalue weighted by Crippen LogP contribution is 2.18. The van der Waals surface area contributed by atoms with Crippen LogP contribution in [-0.4, -0.2) is 49.3 Å². The number of alkyl halides is 2. The van der Waals surface area contributed by atoms with Crippen molar-refractivity contribution >= 4 is 34.5 Å². The number of benzene rings is 2. The molecule has 0 aromatic heterocycles. The van der Waals surface area contributed by atoms with Gasteiger partial charge >= 0.3 is 12.3 Å². The first-order valence-electron chi connectivity index (χ1n) is 9.55. The van der Waals surface area contributed by atoms with E-state index in [2.05, 4.69) is 25.9 Å². The van der Waals surface area contributed by atoms with Gasteiger partial charge in [0.15, 0.2) is 12.3 Å². The van der Waals surface area contributed by atoms with Crippen molar-refractivity contribution in [3.63, 3.8) is 0 Å². The fraction of sp³-hybridized carbons (Fsp3) is 0.318. The van der Waals surface area contributed by atoms with Crippen molar-refractivity contribution in [3.05, 3.63) is 71.8 Å². The summed E-state index contributed by atoms with van der Waals surface area (Å²) in [4.78, 5) is 27.4. The summed E-state index contributed by atoms with van der Waals surface area (Å²) in [5.74, 6) is 0. The number of nitrogens with zero attached hydrogens (tertiary/aromatic N) is 1. The predicted octanol–water partition coefficient (Wildman–Crippen LogP) is 4.80. The van der Waals surface area contributed by atoms with Crippen LogP contribution in [0, 0.1) is 0 Å². The lowest BCUT2D eigenvalue weighted by molar-refractivity contribution is -0.00815. The number of oxime groups is 1. The zero-order chi connectivity index (χ0) is 23.2. The second-order valence-electron chi connectivity index (χ2n) is 6.34. The van der Waals surface area contributed by atoms with E-state index in [4.69, 9.17) is 18.9 Å². The zero-order valence-corrected chi connectivity index (χ0v) is 18.9. The first kappa shape index (κ1) is 25.1. The summed E-state index contributed by atoms with van der Waals surface area (Å²) in [6, 6.07) is 17.9. The number of ether oxygens (including phenoxy) is 4. The fourth-order valence-corrected chi connectivity index (χ4v) is 2.94. The van der Waals surface area contributed by atoms with Gasteiger partial charge in [0.25, 0.3) is 0 Å². The Labute approximate surface area is 193 Å². The molecule has 0 heterocycles. The Kier molecular flexibility index (Phi) is 11.0. The minimum absolute atomic E-state index is 0.0185. The summed E-state index contributed by atoms with van der Waals surface area (Å²) in [5, 5.41) is 3.35. The molecular weight excluding hydrogens is 489 g/mol. The standard InChI is InChI=1S/C22H23BrFNO7/c1-28-25-12-19(24)20(32-22(27)30-14-17-10-6-3-7-11-17)18(23)15-31-21(26)29-13-16-8-4-2-5-9-16/h2-12,18-20H,13-15H2,1H3/t18-,19+,20-/m1/s1. The number of hydrogen-bond acceptors (Lipinski definition) is 8. The first-order valence-corrected chi connectivity index (χ1v) is 10.5. The van der Waals surface area contributed by atoms with Crippen LogP contribution in [0.3, 0.4) is 0 Å². The third-order valence-electron chi connectivity index (χ3n) is 3.97. The van der Waals surface area contributed by atoms with Crippen molar-refractivity contribution in [2.75, 3.05) is 13.7 Å². The molecule has 8 nitrogen and oxygen atoms in total. The van der Waals surface area contributed by atoms with E-state index in [1.165, 1.54) is 7.11 Å². The summed E-state index contributed by atoms with van der Waals surface area (Å²) in [6.07, 6.45) is -4.52. The molecule has 3 atom stereocenters. The van der Waals surface area contributed by atoms with Gasteiger partial charge in [0, 0.05) is 0 Å². The number of hydrogen-bond donors (Lipinski definition) is 0. The molecule has 2 aromatic rings. The molecule has 0 N–H and O–H groups in total. The highest BCUT2D eigenvalue weighted by molar-refractivity contribution is 9.09. The summed E-state index contributed by atoms with van der Waals surface area (Å²) < 4.78 is 34.7. The van der Waals surface area contributed by atoms with E-state index in [1.54, 1.807) is 48.5 Å². The summed E-state index contributed by atoms with van der Waals surface area (Å²) in [7, 11) is 1.24. The van der Waals surface area contributed by atoms with Gasteiger partial charge in [-0.15, -0.1) is 0 Å². The zero-order valence-electron chi connectivity index (χ0n) is 17.3. The molecule has 0 aliphatic heterocycles. The molecule has 0 saturated heterocycles. The molecule has 172 valence electrons. The Morgan fingerprint density at radius 1 is 0.938 bits per heavy atom. The van der Waals surface area contributed by atoms with Crippen molar-refractivity contribution in [1.29, 1.82) is 0 Å². The van der Waals surface area contributed by atoms with E-state index in [0.29, 0.717) is 0 Å². The molecule has 32 heavy (non-hydrogen) atoms. The molecule has 2 rings (SSSR count). The van der Waals surface area contributed by atoms with Gasteiger partial charge in [-0.2, -0.15) is 0 Å². The predicted molar refractivity (Wildman–Crippen MR) is 117 cm³/mol. The Bertz CT molecular complexity index is 854. The molecule has 10 heteroatoms. The van der Waals surface area contributed by atoms with Crippen LogP contribution in [0.4, 0.5) is 14.0 Å². The van der Waals surface area contributed by atoms with E-state index >= 15 is 0 Å². The molecule has 0 radical (unpaired) electrons. The van der Waals surface area contributed by atoms with E-state index < -0.39 is 29.4 Å². The number of carbonyl (C=O) groups excluding carboxylic acids is 2. The van der Waals surface area contributed by atoms with Gasteiger partial charge in [-0.1, -0.05) is 81.7 Å². The molecule has 0 fully saturated rings. The van der Waals surface area contributed by atoms with Gasteiger partial charge in [0.1, 0.15) is 26.9 Å². The maximum Gasteiger partial charge on any atom is 0.509 e. The van der Waals surface area contributed by atoms with Gasteiger partial charge in [0.2, 0.25) is 0 Å². The number of rotatable bonds is 11. The van der Waals surface area contributed by atoms with E-state index in [0.717, 1.165) is 17.3 Å². The molecule has 2 aromatic carbocycles. The summed E-state index contributed by atoms with van der Waals surface area (Å²) >= 11 is 3.18. The maximum atomic E-state index is 14.6. The minimum Gasteiger partial charge on any atom is -0.433 e. The molecule has 0 unspecified atom stereocenters. The lowest BCUT2D eigenvalue weighted by Crippen LogP contribution is -2.40. The highest BCUT2D eigenvalue weighted by atomic mass is 79.9. The van der Waals surface area contributed by atoms with Crippen molar-refractivity contribution in [1.82, 2.24) is 0 Å². The Morgan fingerprint density at radius 2 is 1.47 bits per heavy atom. The van der Waals surface area contributed by atoms with Crippen LogP contribution < -0.4 is 0 Å². The van der Waals surface area contributed by atoms with Crippen molar-refractivity contribution in [3.8, 4) is 0 Å². The largest absolute Gasteiger partial charge is 0.509 e. The SMILES string of the molecule is CON=C[C@H](F)[C@H](OC(=O)OCc1ccccc1)[C@H](Br)COC(=O)OCc1ccccc1. The van der Waals surface area contributed by atoms with Gasteiger partial charge < -0.3 is 23.8 Å². The lowest BCUT2D eigenvalue weighted by atomic mass is 10.2. The van der Waals surface area contributed by atoms with Crippen LogP contribution in [-0.2, 0) is 37.0 Å². The lowest BCUT2D eigenvalue weighted by Gasteiger charge is -2.23. The molecule has 0 amide bonds. The Hall–Kier alpha value is -3.14. The monoisotopic (exact) mass is 511 g/mol. The van der Waals surface area contributed by atoms with Gasteiger partial charge in [0.05, 0.1) is 11.0 Å². The summed E-state index contributed by atoms with van der Waals surface area (Å²) in [5.41, 5.74) is 1.51. The van der Waals surface area contributed by atoms with Gasteiger partial charge in [-0.25, -0.2) is 14.0 Å². The average molecular weight is 512 g/mol. The smallest absolute Gasteiger partial charge is 0.433 e. The Morgan fingerprint density at radius 3 is 2.00 bits per heavy atom. The molecule has 0 spiro atoms. The molecule has 0 bridgehead atoms. The topological polar surface area (TPSA) is 92.7 Å². The second-order valence-corrected chi connectivity index (χ2v) is 7.52. The molecule has 0 aliphatic rings. The third kappa shape index (κ3) is 9.34. The van der Waals surface area contributed by atoms with Crippen LogP contribution in [0.2, 0.25) is 0 Å². The summed E-state index contributed by atoms with van der Waals surface area (Å²) in [6.45, 7) is -0.374. The van der Waals surface area contributed by atoms with E-state index in [-0.39, 0.29) is 19.8 Å². The Balaban J connectivity index is 1.87. The normalized spacial score (nSPS) is 13.6. The van der Waals surface area contributed by atoms with E-state index in [1.807, 2.05) is 12.1 Å². The third-order valence-corrected chi connectivity index (χ3v) is 4.76. The fourth-order valence-electron chi connectivity index (χ4n) is 2.40. The van der Waals surface area contributed by atoms with Gasteiger partial charge in [-0.05, 0) is 11.1 Å². The second kappa shape index (κ2) is 14.0. The van der Waals surface area contributed by atoms with Crippen molar-refractivity contribution < 1.29 is 37.8 Å². The first-order chi connectivity index (χ1) is 15.5. The van der Waals surface area contributed by atoms with Crippen LogP contribution >= 0.6 is 15.9 Å². The maximum absolute atomic E-state index is 14.6. The van der Waals surface area contributed by atoms with Crippen LogP contribution in [0.1, 0.15) is 11.1 Å². The van der Waals surface area contributed by atoms with Gasteiger partial charge in [-0.3, -0.25) is 0 Å². The average Bonchev–Trinajstić information content (AvgIpc) is 2.83. The number of carbonyl (C=O) groups is 2. The number of halogens is 2. The van der Waals surface area contributed by atoms with Crippen LogP contribution in [0.5, 0.6) is 0 Å². The van der Waals surface area contributed by atoms with Crippen LogP contribution in [0.15, 0.2) is 65.8 Å².